The average molecular weight is 217 g/mol. The Morgan fingerprint density at radius 1 is 1.44 bits per heavy atom. The molecule has 0 amide bonds. The zero-order valence-corrected chi connectivity index (χ0v) is 9.64. The Hall–Kier alpha value is -1.65. The molecule has 0 radical (unpaired) electrons. The van der Waals surface area contributed by atoms with Gasteiger partial charge in [0.15, 0.2) is 0 Å². The van der Waals surface area contributed by atoms with Crippen molar-refractivity contribution < 1.29 is 0 Å². The van der Waals surface area contributed by atoms with Crippen molar-refractivity contribution in [2.45, 2.75) is 26.7 Å². The normalized spacial score (nSPS) is 14.8. The lowest BCUT2D eigenvalue weighted by Crippen LogP contribution is -2.23. The van der Waals surface area contributed by atoms with Gasteiger partial charge in [-0.2, -0.15) is 14.6 Å². The topological polar surface area (TPSA) is 46.3 Å². The molecule has 0 saturated heterocycles. The van der Waals surface area contributed by atoms with E-state index in [9.17, 15) is 0 Å². The van der Waals surface area contributed by atoms with E-state index in [-0.39, 0.29) is 0 Å². The minimum Gasteiger partial charge on any atom is -0.356 e. The van der Waals surface area contributed by atoms with E-state index >= 15 is 0 Å². The Morgan fingerprint density at radius 3 is 3.12 bits per heavy atom. The molecule has 0 aromatic carbocycles. The fourth-order valence-corrected chi connectivity index (χ4v) is 2.43. The molecule has 2 aromatic heterocycles. The van der Waals surface area contributed by atoms with E-state index in [2.05, 4.69) is 33.8 Å². The van der Waals surface area contributed by atoms with Crippen LogP contribution < -0.4 is 4.90 Å². The van der Waals surface area contributed by atoms with Gasteiger partial charge < -0.3 is 4.90 Å². The Morgan fingerprint density at radius 2 is 2.31 bits per heavy atom. The van der Waals surface area contributed by atoms with Gasteiger partial charge in [-0.3, -0.25) is 0 Å². The lowest BCUT2D eigenvalue weighted by Gasteiger charge is -2.18. The number of fused-ring (bicyclic) bond motifs is 3. The number of hydrogen-bond donors (Lipinski definition) is 0. The van der Waals surface area contributed by atoms with E-state index < -0.39 is 0 Å². The molecule has 2 aromatic rings. The van der Waals surface area contributed by atoms with Crippen molar-refractivity contribution in [2.24, 2.45) is 0 Å². The zero-order chi connectivity index (χ0) is 11.1. The molecular weight excluding hydrogens is 202 g/mol. The van der Waals surface area contributed by atoms with Crippen molar-refractivity contribution in [3.63, 3.8) is 0 Å². The minimum atomic E-state index is 0.708. The van der Waals surface area contributed by atoms with Gasteiger partial charge in [0, 0.05) is 24.3 Å². The van der Waals surface area contributed by atoms with Crippen LogP contribution in [0.2, 0.25) is 0 Å². The fraction of sp³-hybridized carbons (Fsp3) is 0.545. The fourth-order valence-electron chi connectivity index (χ4n) is 2.43. The van der Waals surface area contributed by atoms with Gasteiger partial charge in [-0.15, -0.1) is 0 Å². The summed E-state index contributed by atoms with van der Waals surface area (Å²) in [4.78, 5) is 11.0. The third-order valence-corrected chi connectivity index (χ3v) is 3.13. The molecule has 3 heterocycles. The van der Waals surface area contributed by atoms with E-state index in [1.165, 1.54) is 11.4 Å². The van der Waals surface area contributed by atoms with Crippen molar-refractivity contribution in [2.75, 3.05) is 18.0 Å². The van der Waals surface area contributed by atoms with E-state index in [0.717, 1.165) is 31.6 Å². The molecule has 0 N–H and O–H groups in total. The summed E-state index contributed by atoms with van der Waals surface area (Å²) in [7, 11) is 0. The number of anilines is 1. The van der Waals surface area contributed by atoms with Gasteiger partial charge in [0.2, 0.25) is 0 Å². The maximum atomic E-state index is 4.46. The van der Waals surface area contributed by atoms with Gasteiger partial charge in [-0.05, 0) is 19.8 Å². The molecule has 0 bridgehead atoms. The third kappa shape index (κ3) is 1.20. The highest BCUT2D eigenvalue weighted by Gasteiger charge is 2.25. The summed E-state index contributed by atoms with van der Waals surface area (Å²) in [6, 6.07) is 0. The second-order valence-corrected chi connectivity index (χ2v) is 4.21. The molecule has 5 heteroatoms. The highest BCUT2D eigenvalue weighted by molar-refractivity contribution is 5.58. The van der Waals surface area contributed by atoms with Crippen molar-refractivity contribution in [3.8, 4) is 0 Å². The lowest BCUT2D eigenvalue weighted by atomic mass is 10.2. The summed E-state index contributed by atoms with van der Waals surface area (Å²) < 4.78 is 1.87. The molecule has 16 heavy (non-hydrogen) atoms. The molecule has 0 spiro atoms. The van der Waals surface area contributed by atoms with Crippen LogP contribution in [0.1, 0.15) is 24.6 Å². The first-order valence-electron chi connectivity index (χ1n) is 5.75. The molecule has 0 fully saturated rings. The number of aromatic nitrogens is 4. The van der Waals surface area contributed by atoms with Crippen LogP contribution in [0.15, 0.2) is 6.33 Å². The SMILES string of the molecule is CCCN1CCc2c(C)nc3ncnn3c21. The summed E-state index contributed by atoms with van der Waals surface area (Å²) in [5, 5.41) is 4.27. The van der Waals surface area contributed by atoms with E-state index in [1.54, 1.807) is 6.33 Å². The number of nitrogens with zero attached hydrogens (tertiary/aromatic N) is 5. The zero-order valence-electron chi connectivity index (χ0n) is 9.64. The Balaban J connectivity index is 2.24. The Bertz CT molecular complexity index is 530. The number of aryl methyl sites for hydroxylation is 1. The maximum absolute atomic E-state index is 4.46. The van der Waals surface area contributed by atoms with Gasteiger partial charge in [0.1, 0.15) is 12.1 Å². The Labute approximate surface area is 94.1 Å². The standard InChI is InChI=1S/C11H15N5/c1-3-5-15-6-4-9-8(2)14-11-12-7-13-16(11)10(9)15/h7H,3-6H2,1-2H3. The molecule has 1 aliphatic heterocycles. The van der Waals surface area contributed by atoms with Gasteiger partial charge in [-0.1, -0.05) is 6.92 Å². The van der Waals surface area contributed by atoms with Crippen LogP contribution >= 0.6 is 0 Å². The number of rotatable bonds is 2. The molecule has 1 aliphatic rings. The molecule has 0 unspecified atom stereocenters. The maximum Gasteiger partial charge on any atom is 0.254 e. The van der Waals surface area contributed by atoms with Crippen molar-refractivity contribution >= 4 is 11.6 Å². The minimum absolute atomic E-state index is 0.708. The first kappa shape index (κ1) is 9.57. The van der Waals surface area contributed by atoms with Crippen LogP contribution in [0.3, 0.4) is 0 Å². The second-order valence-electron chi connectivity index (χ2n) is 4.21. The summed E-state index contributed by atoms with van der Waals surface area (Å²) in [5.74, 6) is 1.90. The van der Waals surface area contributed by atoms with Crippen LogP contribution in [-0.2, 0) is 6.42 Å². The van der Waals surface area contributed by atoms with Gasteiger partial charge in [0.25, 0.3) is 5.78 Å². The van der Waals surface area contributed by atoms with Crippen LogP contribution in [0.25, 0.3) is 5.78 Å². The third-order valence-electron chi connectivity index (χ3n) is 3.13. The van der Waals surface area contributed by atoms with E-state index in [1.807, 2.05) is 4.52 Å². The van der Waals surface area contributed by atoms with Gasteiger partial charge >= 0.3 is 0 Å². The van der Waals surface area contributed by atoms with Crippen molar-refractivity contribution in [1.29, 1.82) is 0 Å². The summed E-state index contributed by atoms with van der Waals surface area (Å²) in [5.41, 5.74) is 2.42. The Kier molecular flexibility index (Phi) is 2.05. The largest absolute Gasteiger partial charge is 0.356 e. The molecule has 5 nitrogen and oxygen atoms in total. The van der Waals surface area contributed by atoms with Gasteiger partial charge in [-0.25, -0.2) is 4.98 Å². The summed E-state index contributed by atoms with van der Waals surface area (Å²) in [6.45, 7) is 6.41. The predicted molar refractivity (Wildman–Crippen MR) is 61.7 cm³/mol. The van der Waals surface area contributed by atoms with Crippen LogP contribution in [-0.4, -0.2) is 32.7 Å². The van der Waals surface area contributed by atoms with E-state index in [0.29, 0.717) is 5.78 Å². The predicted octanol–water partition coefficient (Wildman–Crippen LogP) is 1.21. The van der Waals surface area contributed by atoms with Gasteiger partial charge in [0.05, 0.1) is 0 Å². The van der Waals surface area contributed by atoms with Crippen molar-refractivity contribution in [1.82, 2.24) is 19.6 Å². The average Bonchev–Trinajstić information content (AvgIpc) is 2.84. The monoisotopic (exact) mass is 217 g/mol. The summed E-state index contributed by atoms with van der Waals surface area (Å²) >= 11 is 0. The van der Waals surface area contributed by atoms with Crippen LogP contribution in [0.5, 0.6) is 0 Å². The molecule has 84 valence electrons. The molecule has 3 rings (SSSR count). The first-order valence-corrected chi connectivity index (χ1v) is 5.75. The molecule has 0 aliphatic carbocycles. The quantitative estimate of drug-likeness (QED) is 0.758. The van der Waals surface area contributed by atoms with E-state index in [4.69, 9.17) is 0 Å². The second kappa shape index (κ2) is 3.43. The smallest absolute Gasteiger partial charge is 0.254 e. The molecule has 0 saturated carbocycles. The molecular formula is C11H15N5. The molecule has 0 atom stereocenters. The summed E-state index contributed by atoms with van der Waals surface area (Å²) in [6.07, 6.45) is 3.80. The highest BCUT2D eigenvalue weighted by Crippen LogP contribution is 2.29. The van der Waals surface area contributed by atoms with Crippen LogP contribution in [0, 0.1) is 6.92 Å². The van der Waals surface area contributed by atoms with Crippen LogP contribution in [0.4, 0.5) is 5.82 Å². The highest BCUT2D eigenvalue weighted by atomic mass is 15.4. The van der Waals surface area contributed by atoms with Crippen molar-refractivity contribution in [3.05, 3.63) is 17.6 Å². The first-order chi connectivity index (χ1) is 7.81. The number of hydrogen-bond acceptors (Lipinski definition) is 4. The lowest BCUT2D eigenvalue weighted by molar-refractivity contribution is 0.770.